The SMILES string of the molecule is COC(C)(C)C(=O)NCc1ccc(S(N)(=O)=O)cc1. The summed E-state index contributed by atoms with van der Waals surface area (Å²) in [6, 6.07) is 6.00. The van der Waals surface area contributed by atoms with Gasteiger partial charge in [0.25, 0.3) is 5.91 Å². The van der Waals surface area contributed by atoms with Crippen molar-refractivity contribution in [3.05, 3.63) is 29.8 Å². The Kier molecular flexibility index (Phi) is 4.67. The van der Waals surface area contributed by atoms with Crippen molar-refractivity contribution in [3.8, 4) is 0 Å². The van der Waals surface area contributed by atoms with Crippen LogP contribution < -0.4 is 10.5 Å². The van der Waals surface area contributed by atoms with Crippen LogP contribution in [0.25, 0.3) is 0 Å². The van der Waals surface area contributed by atoms with Crippen molar-refractivity contribution >= 4 is 15.9 Å². The molecular weight excluding hydrogens is 268 g/mol. The lowest BCUT2D eigenvalue weighted by Gasteiger charge is -2.21. The molecule has 0 aliphatic heterocycles. The molecule has 19 heavy (non-hydrogen) atoms. The molecule has 0 aliphatic rings. The molecular formula is C12H18N2O4S. The van der Waals surface area contributed by atoms with Gasteiger partial charge in [-0.1, -0.05) is 12.1 Å². The number of ether oxygens (including phenoxy) is 1. The first-order chi connectivity index (χ1) is 8.66. The van der Waals surface area contributed by atoms with Gasteiger partial charge in [-0.25, -0.2) is 13.6 Å². The number of methoxy groups -OCH3 is 1. The Bertz CT molecular complexity index is 550. The Labute approximate surface area is 113 Å². The maximum absolute atomic E-state index is 11.7. The van der Waals surface area contributed by atoms with Crippen LogP contribution in [0.4, 0.5) is 0 Å². The van der Waals surface area contributed by atoms with Crippen LogP contribution in [0.15, 0.2) is 29.2 Å². The minimum Gasteiger partial charge on any atom is -0.369 e. The van der Waals surface area contributed by atoms with Crippen LogP contribution >= 0.6 is 0 Å². The Hall–Kier alpha value is -1.44. The minimum atomic E-state index is -3.69. The lowest BCUT2D eigenvalue weighted by Crippen LogP contribution is -2.43. The zero-order valence-corrected chi connectivity index (χ0v) is 12.0. The largest absolute Gasteiger partial charge is 0.369 e. The van der Waals surface area contributed by atoms with Crippen molar-refractivity contribution in [2.45, 2.75) is 30.9 Å². The molecule has 0 saturated heterocycles. The van der Waals surface area contributed by atoms with Crippen LogP contribution in [-0.2, 0) is 26.1 Å². The standard InChI is InChI=1S/C12H18N2O4S/c1-12(2,18-3)11(15)14-8-9-4-6-10(7-5-9)19(13,16)17/h4-7H,8H2,1-3H3,(H,14,15)(H2,13,16,17). The first-order valence-corrected chi connectivity index (χ1v) is 7.16. The Balaban J connectivity index is 2.68. The van der Waals surface area contributed by atoms with Crippen LogP contribution in [0.2, 0.25) is 0 Å². The molecule has 1 amide bonds. The van der Waals surface area contributed by atoms with E-state index in [9.17, 15) is 13.2 Å². The van der Waals surface area contributed by atoms with Gasteiger partial charge in [-0.15, -0.1) is 0 Å². The van der Waals surface area contributed by atoms with Gasteiger partial charge in [0.1, 0.15) is 5.60 Å². The predicted octanol–water partition coefficient (Wildman–Crippen LogP) is 0.375. The topological polar surface area (TPSA) is 98.5 Å². The number of primary sulfonamides is 1. The zero-order valence-electron chi connectivity index (χ0n) is 11.1. The quantitative estimate of drug-likeness (QED) is 0.817. The Morgan fingerprint density at radius 3 is 2.26 bits per heavy atom. The number of amides is 1. The fourth-order valence-corrected chi connectivity index (χ4v) is 1.80. The van der Waals surface area contributed by atoms with Gasteiger partial charge in [-0.05, 0) is 31.5 Å². The van der Waals surface area contributed by atoms with E-state index in [1.54, 1.807) is 26.0 Å². The number of sulfonamides is 1. The Morgan fingerprint density at radius 1 is 1.32 bits per heavy atom. The van der Waals surface area contributed by atoms with Gasteiger partial charge in [0.15, 0.2) is 0 Å². The van der Waals surface area contributed by atoms with Crippen LogP contribution in [-0.4, -0.2) is 27.0 Å². The average Bonchev–Trinajstić information content (AvgIpc) is 2.35. The van der Waals surface area contributed by atoms with Crippen LogP contribution in [0, 0.1) is 0 Å². The molecule has 0 saturated carbocycles. The highest BCUT2D eigenvalue weighted by molar-refractivity contribution is 7.89. The van der Waals surface area contributed by atoms with Crippen molar-refractivity contribution in [1.82, 2.24) is 5.32 Å². The maximum Gasteiger partial charge on any atom is 0.251 e. The molecule has 0 atom stereocenters. The second kappa shape index (κ2) is 5.68. The molecule has 0 aliphatic carbocycles. The molecule has 7 heteroatoms. The lowest BCUT2D eigenvalue weighted by molar-refractivity contribution is -0.139. The van der Waals surface area contributed by atoms with Crippen LogP contribution in [0.5, 0.6) is 0 Å². The number of hydrogen-bond donors (Lipinski definition) is 2. The molecule has 106 valence electrons. The highest BCUT2D eigenvalue weighted by Crippen LogP contribution is 2.10. The van der Waals surface area contributed by atoms with Gasteiger partial charge in [0.2, 0.25) is 10.0 Å². The number of nitrogens with one attached hydrogen (secondary N) is 1. The van der Waals surface area contributed by atoms with E-state index in [2.05, 4.69) is 5.32 Å². The lowest BCUT2D eigenvalue weighted by atomic mass is 10.1. The third kappa shape index (κ3) is 4.30. The number of carbonyl (C=O) groups excluding carboxylic acids is 1. The molecule has 0 radical (unpaired) electrons. The van der Waals surface area contributed by atoms with E-state index in [0.717, 1.165) is 5.56 Å². The molecule has 6 nitrogen and oxygen atoms in total. The summed E-state index contributed by atoms with van der Waals surface area (Å²) in [5.74, 6) is -0.245. The maximum atomic E-state index is 11.7. The summed E-state index contributed by atoms with van der Waals surface area (Å²) in [5, 5.41) is 7.69. The third-order valence-corrected chi connectivity index (χ3v) is 3.69. The zero-order chi connectivity index (χ0) is 14.7. The average molecular weight is 286 g/mol. The van der Waals surface area contributed by atoms with Crippen molar-refractivity contribution < 1.29 is 17.9 Å². The molecule has 0 unspecified atom stereocenters. The van der Waals surface area contributed by atoms with E-state index < -0.39 is 15.6 Å². The van der Waals surface area contributed by atoms with Crippen molar-refractivity contribution in [1.29, 1.82) is 0 Å². The van der Waals surface area contributed by atoms with Gasteiger partial charge < -0.3 is 10.1 Å². The summed E-state index contributed by atoms with van der Waals surface area (Å²) in [7, 11) is -2.23. The molecule has 0 spiro atoms. The molecule has 0 aromatic heterocycles. The highest BCUT2D eigenvalue weighted by Gasteiger charge is 2.26. The van der Waals surface area contributed by atoms with Gasteiger partial charge in [-0.2, -0.15) is 0 Å². The van der Waals surface area contributed by atoms with Crippen molar-refractivity contribution in [2.24, 2.45) is 5.14 Å². The van der Waals surface area contributed by atoms with E-state index in [-0.39, 0.29) is 17.3 Å². The van der Waals surface area contributed by atoms with E-state index in [4.69, 9.17) is 9.88 Å². The van der Waals surface area contributed by atoms with Gasteiger partial charge in [0, 0.05) is 13.7 Å². The second-order valence-corrected chi connectivity index (χ2v) is 6.15. The van der Waals surface area contributed by atoms with E-state index in [1.807, 2.05) is 0 Å². The van der Waals surface area contributed by atoms with Crippen LogP contribution in [0.3, 0.4) is 0 Å². The second-order valence-electron chi connectivity index (χ2n) is 4.59. The summed E-state index contributed by atoms with van der Waals surface area (Å²) in [6.07, 6.45) is 0. The number of nitrogens with two attached hydrogens (primary N) is 1. The first kappa shape index (κ1) is 15.6. The van der Waals surface area contributed by atoms with Gasteiger partial charge >= 0.3 is 0 Å². The van der Waals surface area contributed by atoms with E-state index in [1.165, 1.54) is 19.2 Å². The molecule has 1 aromatic rings. The number of rotatable bonds is 5. The summed E-state index contributed by atoms with van der Waals surface area (Å²) in [6.45, 7) is 3.61. The highest BCUT2D eigenvalue weighted by atomic mass is 32.2. The van der Waals surface area contributed by atoms with E-state index >= 15 is 0 Å². The summed E-state index contributed by atoms with van der Waals surface area (Å²) in [5.41, 5.74) is -0.131. The fourth-order valence-electron chi connectivity index (χ4n) is 1.28. The Morgan fingerprint density at radius 2 is 1.84 bits per heavy atom. The monoisotopic (exact) mass is 286 g/mol. The van der Waals surface area contributed by atoms with Crippen molar-refractivity contribution in [3.63, 3.8) is 0 Å². The van der Waals surface area contributed by atoms with Gasteiger partial charge in [-0.3, -0.25) is 4.79 Å². The number of hydrogen-bond acceptors (Lipinski definition) is 4. The van der Waals surface area contributed by atoms with E-state index in [0.29, 0.717) is 0 Å². The van der Waals surface area contributed by atoms with Crippen molar-refractivity contribution in [2.75, 3.05) is 7.11 Å². The van der Waals surface area contributed by atoms with Gasteiger partial charge in [0.05, 0.1) is 4.90 Å². The predicted molar refractivity (Wildman–Crippen MR) is 70.7 cm³/mol. The third-order valence-electron chi connectivity index (χ3n) is 2.76. The smallest absolute Gasteiger partial charge is 0.251 e. The molecule has 3 N–H and O–H groups in total. The summed E-state index contributed by atoms with van der Waals surface area (Å²) in [4.78, 5) is 11.8. The summed E-state index contributed by atoms with van der Waals surface area (Å²) >= 11 is 0. The van der Waals surface area contributed by atoms with Crippen LogP contribution in [0.1, 0.15) is 19.4 Å². The fraction of sp³-hybridized carbons (Fsp3) is 0.417. The number of benzene rings is 1. The summed E-state index contributed by atoms with van der Waals surface area (Å²) < 4.78 is 27.2. The molecule has 0 fully saturated rings. The number of carbonyl (C=O) groups is 1. The molecule has 1 aromatic carbocycles. The molecule has 0 bridgehead atoms. The first-order valence-electron chi connectivity index (χ1n) is 5.62. The minimum absolute atomic E-state index is 0.0415. The molecule has 0 heterocycles. The normalized spacial score (nSPS) is 12.2. The molecule has 1 rings (SSSR count).